The summed E-state index contributed by atoms with van der Waals surface area (Å²) in [6, 6.07) is 0.157. The second kappa shape index (κ2) is 6.46. The van der Waals surface area contributed by atoms with E-state index in [9.17, 15) is 8.42 Å². The van der Waals surface area contributed by atoms with E-state index < -0.39 is 10.0 Å². The Kier molecular flexibility index (Phi) is 5.06. The van der Waals surface area contributed by atoms with Crippen molar-refractivity contribution < 1.29 is 12.9 Å². The highest BCUT2D eigenvalue weighted by Gasteiger charge is 2.26. The van der Waals surface area contributed by atoms with Crippen molar-refractivity contribution in [1.29, 1.82) is 0 Å². The maximum atomic E-state index is 11.6. The van der Waals surface area contributed by atoms with Gasteiger partial charge in [0.1, 0.15) is 5.76 Å². The van der Waals surface area contributed by atoms with E-state index in [0.29, 0.717) is 19.0 Å². The Morgan fingerprint density at radius 1 is 1.48 bits per heavy atom. The van der Waals surface area contributed by atoms with Crippen LogP contribution in [0.25, 0.3) is 0 Å². The van der Waals surface area contributed by atoms with Gasteiger partial charge in [0.15, 0.2) is 0 Å². The minimum absolute atomic E-state index is 0.157. The highest BCUT2D eigenvalue weighted by molar-refractivity contribution is 7.88. The van der Waals surface area contributed by atoms with E-state index in [2.05, 4.69) is 17.4 Å². The van der Waals surface area contributed by atoms with Crippen molar-refractivity contribution in [1.82, 2.24) is 14.8 Å². The molecule has 7 heteroatoms. The summed E-state index contributed by atoms with van der Waals surface area (Å²) in [4.78, 5) is 0. The molecule has 1 aliphatic heterocycles. The Labute approximate surface area is 126 Å². The van der Waals surface area contributed by atoms with E-state index in [4.69, 9.17) is 4.52 Å². The van der Waals surface area contributed by atoms with Crippen molar-refractivity contribution in [2.75, 3.05) is 25.9 Å². The van der Waals surface area contributed by atoms with Gasteiger partial charge in [-0.1, -0.05) is 5.16 Å². The highest BCUT2D eigenvalue weighted by atomic mass is 32.2. The number of aromatic nitrogens is 1. The van der Waals surface area contributed by atoms with Gasteiger partial charge in [0.25, 0.3) is 0 Å². The number of rotatable bonds is 5. The molecule has 0 bridgehead atoms. The van der Waals surface area contributed by atoms with Gasteiger partial charge >= 0.3 is 0 Å². The molecule has 2 unspecified atom stereocenters. The lowest BCUT2D eigenvalue weighted by molar-refractivity contribution is 0.256. The fraction of sp³-hybridized carbons (Fsp3) is 0.786. The molecule has 120 valence electrons. The minimum Gasteiger partial charge on any atom is -0.361 e. The average molecular weight is 315 g/mol. The smallest absolute Gasteiger partial charge is 0.211 e. The lowest BCUT2D eigenvalue weighted by Gasteiger charge is -2.31. The van der Waals surface area contributed by atoms with Crippen molar-refractivity contribution in [3.8, 4) is 0 Å². The molecule has 6 nitrogen and oxygen atoms in total. The van der Waals surface area contributed by atoms with Gasteiger partial charge in [-0.05, 0) is 46.1 Å². The predicted octanol–water partition coefficient (Wildman–Crippen LogP) is 1.61. The lowest BCUT2D eigenvalue weighted by atomic mass is 9.98. The van der Waals surface area contributed by atoms with Crippen LogP contribution >= 0.6 is 0 Å². The maximum Gasteiger partial charge on any atom is 0.211 e. The van der Waals surface area contributed by atoms with Crippen LogP contribution in [0, 0.1) is 19.8 Å². The number of aryl methyl sites for hydroxylation is 2. The molecule has 1 aromatic rings. The molecule has 1 saturated heterocycles. The third-order valence-corrected chi connectivity index (χ3v) is 5.45. The fourth-order valence-electron chi connectivity index (χ4n) is 3.05. The van der Waals surface area contributed by atoms with Gasteiger partial charge in [0.05, 0.1) is 11.9 Å². The van der Waals surface area contributed by atoms with E-state index in [0.717, 1.165) is 36.4 Å². The molecule has 1 aromatic heterocycles. The van der Waals surface area contributed by atoms with Gasteiger partial charge in [0.2, 0.25) is 10.0 Å². The molecular formula is C14H25N3O3S. The third kappa shape index (κ3) is 4.05. The minimum atomic E-state index is -3.07. The topological polar surface area (TPSA) is 75.4 Å². The van der Waals surface area contributed by atoms with Crippen LogP contribution in [-0.2, 0) is 10.0 Å². The molecule has 0 amide bonds. The van der Waals surface area contributed by atoms with E-state index in [-0.39, 0.29) is 6.04 Å². The molecule has 0 aromatic carbocycles. The van der Waals surface area contributed by atoms with Crippen LogP contribution in [0.4, 0.5) is 0 Å². The first-order valence-electron chi connectivity index (χ1n) is 7.40. The van der Waals surface area contributed by atoms with E-state index in [1.807, 2.05) is 13.8 Å². The van der Waals surface area contributed by atoms with Gasteiger partial charge < -0.3 is 9.84 Å². The molecule has 1 N–H and O–H groups in total. The summed E-state index contributed by atoms with van der Waals surface area (Å²) in [5, 5.41) is 7.46. The van der Waals surface area contributed by atoms with Crippen LogP contribution in [0.5, 0.6) is 0 Å². The largest absolute Gasteiger partial charge is 0.361 e. The summed E-state index contributed by atoms with van der Waals surface area (Å²) in [5.41, 5.74) is 2.01. The summed E-state index contributed by atoms with van der Waals surface area (Å²) in [5.74, 6) is 1.20. The molecule has 1 aliphatic rings. The SMILES string of the molecule is Cc1noc(C)c1C(C)NCC1CCCN(S(C)(=O)=O)C1. The number of piperidine rings is 1. The first-order valence-corrected chi connectivity index (χ1v) is 9.25. The van der Waals surface area contributed by atoms with Crippen molar-refractivity contribution in [3.63, 3.8) is 0 Å². The molecule has 0 saturated carbocycles. The first-order chi connectivity index (χ1) is 9.79. The Morgan fingerprint density at radius 3 is 2.76 bits per heavy atom. The number of nitrogens with one attached hydrogen (secondary N) is 1. The second-order valence-corrected chi connectivity index (χ2v) is 7.98. The van der Waals surface area contributed by atoms with Gasteiger partial charge in [-0.2, -0.15) is 0 Å². The van der Waals surface area contributed by atoms with Gasteiger partial charge in [-0.25, -0.2) is 12.7 Å². The molecule has 0 spiro atoms. The van der Waals surface area contributed by atoms with Crippen LogP contribution in [-0.4, -0.2) is 43.8 Å². The number of hydrogen-bond donors (Lipinski definition) is 1. The number of hydrogen-bond acceptors (Lipinski definition) is 5. The average Bonchev–Trinajstić information content (AvgIpc) is 2.75. The molecule has 2 heterocycles. The maximum absolute atomic E-state index is 11.6. The normalized spacial score (nSPS) is 22.4. The van der Waals surface area contributed by atoms with Gasteiger partial charge in [0, 0.05) is 24.7 Å². The molecule has 21 heavy (non-hydrogen) atoms. The van der Waals surface area contributed by atoms with Crippen molar-refractivity contribution in [2.45, 2.75) is 39.7 Å². The zero-order valence-electron chi connectivity index (χ0n) is 13.2. The van der Waals surface area contributed by atoms with Gasteiger partial charge in [-0.15, -0.1) is 0 Å². The van der Waals surface area contributed by atoms with E-state index in [1.54, 1.807) is 4.31 Å². The second-order valence-electron chi connectivity index (χ2n) is 6.00. The standard InChI is InChI=1S/C14H25N3O3S/c1-10(14-11(2)16-20-12(14)3)15-8-13-6-5-7-17(9-13)21(4,18)19/h10,13,15H,5-9H2,1-4H3. The molecule has 2 atom stereocenters. The fourth-order valence-corrected chi connectivity index (χ4v) is 3.99. The van der Waals surface area contributed by atoms with E-state index in [1.165, 1.54) is 6.26 Å². The first kappa shape index (κ1) is 16.5. The summed E-state index contributed by atoms with van der Waals surface area (Å²) < 4.78 is 30.0. The summed E-state index contributed by atoms with van der Waals surface area (Å²) in [6.45, 7) is 8.01. The summed E-state index contributed by atoms with van der Waals surface area (Å²) >= 11 is 0. The molecule has 0 radical (unpaired) electrons. The monoisotopic (exact) mass is 315 g/mol. The Morgan fingerprint density at radius 2 is 2.19 bits per heavy atom. The lowest BCUT2D eigenvalue weighted by Crippen LogP contribution is -2.42. The van der Waals surface area contributed by atoms with Crippen LogP contribution in [0.1, 0.15) is 42.8 Å². The van der Waals surface area contributed by atoms with Crippen molar-refractivity contribution in [3.05, 3.63) is 17.0 Å². The molecular weight excluding hydrogens is 290 g/mol. The number of nitrogens with zero attached hydrogens (tertiary/aromatic N) is 2. The Hall–Kier alpha value is -0.920. The van der Waals surface area contributed by atoms with Crippen LogP contribution in [0.15, 0.2) is 4.52 Å². The summed E-state index contributed by atoms with van der Waals surface area (Å²) in [7, 11) is -3.07. The van der Waals surface area contributed by atoms with Crippen molar-refractivity contribution in [2.24, 2.45) is 5.92 Å². The van der Waals surface area contributed by atoms with Gasteiger partial charge in [-0.3, -0.25) is 0 Å². The Balaban J connectivity index is 1.91. The van der Waals surface area contributed by atoms with E-state index >= 15 is 0 Å². The zero-order chi connectivity index (χ0) is 15.6. The number of sulfonamides is 1. The van der Waals surface area contributed by atoms with Crippen molar-refractivity contribution >= 4 is 10.0 Å². The van der Waals surface area contributed by atoms with Crippen LogP contribution in [0.3, 0.4) is 0 Å². The molecule has 2 rings (SSSR count). The summed E-state index contributed by atoms with van der Waals surface area (Å²) in [6.07, 6.45) is 3.28. The Bertz CT molecular complexity index is 563. The van der Waals surface area contributed by atoms with Crippen LogP contribution in [0.2, 0.25) is 0 Å². The third-order valence-electron chi connectivity index (χ3n) is 4.19. The molecule has 1 fully saturated rings. The zero-order valence-corrected chi connectivity index (χ0v) is 14.0. The quantitative estimate of drug-likeness (QED) is 0.893. The predicted molar refractivity (Wildman–Crippen MR) is 81.5 cm³/mol. The van der Waals surface area contributed by atoms with Crippen LogP contribution < -0.4 is 5.32 Å². The highest BCUT2D eigenvalue weighted by Crippen LogP contribution is 2.23. The molecule has 0 aliphatic carbocycles.